The SMILES string of the molecule is Cc1ccc2c(=O)n(-c3ccc(F)c(S(=O)(=O)N4CCOCC4)c3)sc2n1. The molecule has 4 rings (SSSR count). The third-order valence-corrected chi connectivity index (χ3v) is 7.29. The summed E-state index contributed by atoms with van der Waals surface area (Å²) in [5.74, 6) is -0.853. The number of nitrogens with zero attached hydrogens (tertiary/aromatic N) is 3. The minimum atomic E-state index is -4.02. The molecule has 1 aliphatic heterocycles. The predicted octanol–water partition coefficient (Wildman–Crippen LogP) is 1.92. The number of ether oxygens (including phenoxy) is 1. The van der Waals surface area contributed by atoms with Crippen molar-refractivity contribution in [1.29, 1.82) is 0 Å². The summed E-state index contributed by atoms with van der Waals surface area (Å²) in [4.78, 5) is 17.1. The van der Waals surface area contributed by atoms with Crippen LogP contribution in [-0.4, -0.2) is 48.0 Å². The van der Waals surface area contributed by atoms with E-state index in [1.807, 2.05) is 6.92 Å². The molecule has 0 bridgehead atoms. The van der Waals surface area contributed by atoms with Gasteiger partial charge in [0.25, 0.3) is 5.56 Å². The summed E-state index contributed by atoms with van der Waals surface area (Å²) in [6.07, 6.45) is 0. The van der Waals surface area contributed by atoms with E-state index in [-0.39, 0.29) is 37.5 Å². The fraction of sp³-hybridized carbons (Fsp3) is 0.294. The van der Waals surface area contributed by atoms with Crippen molar-refractivity contribution in [1.82, 2.24) is 13.2 Å². The van der Waals surface area contributed by atoms with Gasteiger partial charge in [-0.2, -0.15) is 4.31 Å². The van der Waals surface area contributed by atoms with Crippen LogP contribution < -0.4 is 5.56 Å². The zero-order chi connectivity index (χ0) is 19.2. The van der Waals surface area contributed by atoms with Gasteiger partial charge >= 0.3 is 0 Å². The van der Waals surface area contributed by atoms with Crippen molar-refractivity contribution in [3.8, 4) is 5.69 Å². The van der Waals surface area contributed by atoms with Gasteiger partial charge in [0.15, 0.2) is 0 Å². The molecule has 10 heteroatoms. The highest BCUT2D eigenvalue weighted by atomic mass is 32.2. The smallest absolute Gasteiger partial charge is 0.274 e. The normalized spacial score (nSPS) is 16.1. The van der Waals surface area contributed by atoms with Gasteiger partial charge in [-0.3, -0.25) is 4.79 Å². The van der Waals surface area contributed by atoms with Crippen molar-refractivity contribution >= 4 is 31.8 Å². The van der Waals surface area contributed by atoms with Crippen LogP contribution in [0, 0.1) is 12.7 Å². The minimum absolute atomic E-state index is 0.165. The molecule has 3 aromatic rings. The first-order valence-electron chi connectivity index (χ1n) is 8.25. The molecule has 1 saturated heterocycles. The van der Waals surface area contributed by atoms with E-state index in [4.69, 9.17) is 4.74 Å². The summed E-state index contributed by atoms with van der Waals surface area (Å²) in [6.45, 7) is 2.68. The van der Waals surface area contributed by atoms with E-state index >= 15 is 0 Å². The molecule has 0 N–H and O–H groups in total. The molecule has 3 heterocycles. The van der Waals surface area contributed by atoms with E-state index in [1.54, 1.807) is 12.1 Å². The molecule has 27 heavy (non-hydrogen) atoms. The highest BCUT2D eigenvalue weighted by Gasteiger charge is 2.29. The molecular formula is C17H16FN3O4S2. The summed E-state index contributed by atoms with van der Waals surface area (Å²) in [5.41, 5.74) is 0.739. The average Bonchev–Trinajstić information content (AvgIpc) is 2.98. The Morgan fingerprint density at radius 3 is 2.67 bits per heavy atom. The molecule has 1 aromatic carbocycles. The lowest BCUT2D eigenvalue weighted by molar-refractivity contribution is 0.0729. The van der Waals surface area contributed by atoms with Gasteiger partial charge in [0.1, 0.15) is 15.5 Å². The number of halogens is 1. The molecule has 0 saturated carbocycles. The topological polar surface area (TPSA) is 81.5 Å². The van der Waals surface area contributed by atoms with E-state index in [1.165, 1.54) is 20.4 Å². The second-order valence-electron chi connectivity index (χ2n) is 6.13. The number of sulfonamides is 1. The lowest BCUT2D eigenvalue weighted by atomic mass is 10.3. The Bertz CT molecular complexity index is 1180. The highest BCUT2D eigenvalue weighted by Crippen LogP contribution is 2.25. The average molecular weight is 409 g/mol. The van der Waals surface area contributed by atoms with E-state index in [0.717, 1.165) is 23.3 Å². The first kappa shape index (κ1) is 18.2. The molecule has 1 aliphatic rings. The van der Waals surface area contributed by atoms with Gasteiger partial charge in [-0.25, -0.2) is 21.7 Å². The van der Waals surface area contributed by atoms with Crippen LogP contribution in [0.2, 0.25) is 0 Å². The number of aromatic nitrogens is 2. The quantitative estimate of drug-likeness (QED) is 0.660. The molecule has 0 unspecified atom stereocenters. The van der Waals surface area contributed by atoms with Crippen molar-refractivity contribution in [3.05, 3.63) is 52.2 Å². The van der Waals surface area contributed by atoms with E-state index in [0.29, 0.717) is 10.2 Å². The van der Waals surface area contributed by atoms with E-state index in [9.17, 15) is 17.6 Å². The third kappa shape index (κ3) is 3.18. The number of hydrogen-bond donors (Lipinski definition) is 0. The highest BCUT2D eigenvalue weighted by molar-refractivity contribution is 7.89. The predicted molar refractivity (Wildman–Crippen MR) is 99.5 cm³/mol. The van der Waals surface area contributed by atoms with Crippen LogP contribution in [0.15, 0.2) is 40.0 Å². The third-order valence-electron chi connectivity index (χ3n) is 4.33. The van der Waals surface area contributed by atoms with Crippen LogP contribution >= 0.6 is 11.5 Å². The van der Waals surface area contributed by atoms with Gasteiger partial charge in [0.05, 0.1) is 24.3 Å². The molecule has 0 amide bonds. The van der Waals surface area contributed by atoms with Gasteiger partial charge in [-0.05, 0) is 48.8 Å². The van der Waals surface area contributed by atoms with Crippen LogP contribution in [0.3, 0.4) is 0 Å². The minimum Gasteiger partial charge on any atom is -0.379 e. The molecular weight excluding hydrogens is 393 g/mol. The van der Waals surface area contributed by atoms with Crippen molar-refractivity contribution in [2.75, 3.05) is 26.3 Å². The van der Waals surface area contributed by atoms with Gasteiger partial charge in [-0.1, -0.05) is 0 Å². The van der Waals surface area contributed by atoms with Gasteiger partial charge in [0.2, 0.25) is 10.0 Å². The Labute approximate surface area is 158 Å². The number of benzene rings is 1. The van der Waals surface area contributed by atoms with Crippen LogP contribution in [0.1, 0.15) is 5.69 Å². The zero-order valence-electron chi connectivity index (χ0n) is 14.4. The van der Waals surface area contributed by atoms with Crippen LogP contribution in [-0.2, 0) is 14.8 Å². The van der Waals surface area contributed by atoms with Gasteiger partial charge in [-0.15, -0.1) is 0 Å². The summed E-state index contributed by atoms with van der Waals surface area (Å²) >= 11 is 1.09. The number of hydrogen-bond acceptors (Lipinski definition) is 6. The number of fused-ring (bicyclic) bond motifs is 1. The molecule has 0 spiro atoms. The second kappa shape index (κ2) is 6.79. The van der Waals surface area contributed by atoms with Crippen molar-refractivity contribution in [2.24, 2.45) is 0 Å². The lowest BCUT2D eigenvalue weighted by Gasteiger charge is -2.26. The maximum atomic E-state index is 14.4. The standard InChI is InChI=1S/C17H16FN3O4S2/c1-11-2-4-13-16(19-11)26-21(17(13)22)12-3-5-14(18)15(10-12)27(23,24)20-6-8-25-9-7-20/h2-5,10H,6-9H2,1H3. The van der Waals surface area contributed by atoms with Crippen LogP contribution in [0.4, 0.5) is 4.39 Å². The number of rotatable bonds is 3. The van der Waals surface area contributed by atoms with Crippen molar-refractivity contribution in [3.63, 3.8) is 0 Å². The molecule has 142 valence electrons. The number of aryl methyl sites for hydroxylation is 1. The Hall–Kier alpha value is -2.14. The molecule has 2 aromatic heterocycles. The molecule has 0 radical (unpaired) electrons. The molecule has 1 fully saturated rings. The second-order valence-corrected chi connectivity index (χ2v) is 8.97. The molecule has 7 nitrogen and oxygen atoms in total. The number of pyridine rings is 1. The Kier molecular flexibility index (Phi) is 4.58. The van der Waals surface area contributed by atoms with Gasteiger partial charge < -0.3 is 4.74 Å². The summed E-state index contributed by atoms with van der Waals surface area (Å²) in [7, 11) is -4.02. The maximum Gasteiger partial charge on any atom is 0.274 e. The summed E-state index contributed by atoms with van der Waals surface area (Å²) in [5, 5.41) is 0.438. The Morgan fingerprint density at radius 1 is 1.19 bits per heavy atom. The largest absolute Gasteiger partial charge is 0.379 e. The Balaban J connectivity index is 1.84. The summed E-state index contributed by atoms with van der Waals surface area (Å²) < 4.78 is 47.7. The van der Waals surface area contributed by atoms with Crippen LogP contribution in [0.25, 0.3) is 15.9 Å². The number of morpholine rings is 1. The van der Waals surface area contributed by atoms with E-state index < -0.39 is 20.7 Å². The Morgan fingerprint density at radius 2 is 1.93 bits per heavy atom. The fourth-order valence-corrected chi connectivity index (χ4v) is 5.42. The first-order chi connectivity index (χ1) is 12.9. The fourth-order valence-electron chi connectivity index (χ4n) is 2.91. The monoisotopic (exact) mass is 409 g/mol. The van der Waals surface area contributed by atoms with Crippen LogP contribution in [0.5, 0.6) is 0 Å². The summed E-state index contributed by atoms with van der Waals surface area (Å²) in [6, 6.07) is 7.07. The molecule has 0 aliphatic carbocycles. The van der Waals surface area contributed by atoms with E-state index in [2.05, 4.69) is 4.98 Å². The van der Waals surface area contributed by atoms with Gasteiger partial charge in [0, 0.05) is 18.8 Å². The first-order valence-corrected chi connectivity index (χ1v) is 10.5. The van der Waals surface area contributed by atoms with Crippen molar-refractivity contribution in [2.45, 2.75) is 11.8 Å². The maximum absolute atomic E-state index is 14.4. The molecule has 0 atom stereocenters. The lowest BCUT2D eigenvalue weighted by Crippen LogP contribution is -2.41. The van der Waals surface area contributed by atoms with Crippen molar-refractivity contribution < 1.29 is 17.5 Å². The zero-order valence-corrected chi connectivity index (χ0v) is 16.0.